The van der Waals surface area contributed by atoms with E-state index in [4.69, 9.17) is 0 Å². The van der Waals surface area contributed by atoms with Gasteiger partial charge in [-0.15, -0.1) is 0 Å². The molecule has 1 aliphatic rings. The Morgan fingerprint density at radius 3 is 2.40 bits per heavy atom. The summed E-state index contributed by atoms with van der Waals surface area (Å²) in [6, 6.07) is 16.1. The number of nitrogens with zero attached hydrogens (tertiary/aromatic N) is 2. The number of hydrogen-bond acceptors (Lipinski definition) is 3. The van der Waals surface area contributed by atoms with Crippen LogP contribution in [0.4, 0.5) is 4.79 Å². The van der Waals surface area contributed by atoms with Crippen molar-refractivity contribution in [2.75, 3.05) is 0 Å². The van der Waals surface area contributed by atoms with Crippen LogP contribution in [0.25, 0.3) is 16.8 Å². The summed E-state index contributed by atoms with van der Waals surface area (Å²) in [5.74, 6) is -0.224. The quantitative estimate of drug-likeness (QED) is 0.472. The molecule has 0 spiro atoms. The fourth-order valence-electron chi connectivity index (χ4n) is 4.34. The van der Waals surface area contributed by atoms with Crippen LogP contribution in [0.2, 0.25) is 0 Å². The zero-order chi connectivity index (χ0) is 21.6. The lowest BCUT2D eigenvalue weighted by atomic mass is 10.0. The van der Waals surface area contributed by atoms with Crippen LogP contribution in [0.1, 0.15) is 43.3 Å². The molecule has 0 atom stereocenters. The molecule has 1 saturated heterocycles. The predicted molar refractivity (Wildman–Crippen MR) is 124 cm³/mol. The Kier molecular flexibility index (Phi) is 5.10. The summed E-state index contributed by atoms with van der Waals surface area (Å²) >= 11 is 1.02. The molecule has 0 aliphatic carbocycles. The van der Waals surface area contributed by atoms with Gasteiger partial charge in [0.15, 0.2) is 0 Å². The van der Waals surface area contributed by atoms with E-state index >= 15 is 0 Å². The number of thioether (sulfide) groups is 1. The zero-order valence-electron chi connectivity index (χ0n) is 18.0. The molecule has 2 heterocycles. The second-order valence-electron chi connectivity index (χ2n) is 8.74. The van der Waals surface area contributed by atoms with Gasteiger partial charge < -0.3 is 4.57 Å². The highest BCUT2D eigenvalue weighted by atomic mass is 32.2. The first-order chi connectivity index (χ1) is 14.2. The summed E-state index contributed by atoms with van der Waals surface area (Å²) in [6.07, 6.45) is 1.86. The van der Waals surface area contributed by atoms with Gasteiger partial charge in [-0.25, -0.2) is 0 Å². The van der Waals surface area contributed by atoms with Gasteiger partial charge in [-0.05, 0) is 80.4 Å². The van der Waals surface area contributed by atoms with Crippen molar-refractivity contribution in [3.8, 4) is 0 Å². The minimum atomic E-state index is -0.224. The molecule has 3 aromatic rings. The number of aromatic nitrogens is 1. The molecule has 1 fully saturated rings. The molecule has 1 aliphatic heterocycles. The van der Waals surface area contributed by atoms with Crippen molar-refractivity contribution in [1.29, 1.82) is 0 Å². The largest absolute Gasteiger partial charge is 0.343 e. The Balaban J connectivity index is 1.65. The number of imide groups is 1. The number of amides is 2. The first kappa shape index (κ1) is 20.5. The van der Waals surface area contributed by atoms with Crippen molar-refractivity contribution in [2.45, 2.75) is 46.7 Å². The molecule has 5 heteroatoms. The van der Waals surface area contributed by atoms with Crippen molar-refractivity contribution in [2.24, 2.45) is 0 Å². The molecule has 2 aromatic carbocycles. The lowest BCUT2D eigenvalue weighted by Crippen LogP contribution is -2.27. The average Bonchev–Trinajstić information content (AvgIpc) is 3.11. The van der Waals surface area contributed by atoms with Crippen molar-refractivity contribution in [3.05, 3.63) is 76.0 Å². The van der Waals surface area contributed by atoms with E-state index < -0.39 is 0 Å². The summed E-state index contributed by atoms with van der Waals surface area (Å²) in [5.41, 5.74) is 4.15. The molecule has 154 valence electrons. The van der Waals surface area contributed by atoms with Crippen LogP contribution in [0.15, 0.2) is 53.4 Å². The minimum absolute atomic E-state index is 0.0476. The molecule has 0 N–H and O–H groups in total. The summed E-state index contributed by atoms with van der Waals surface area (Å²) in [6.45, 7) is 10.9. The first-order valence-electron chi connectivity index (χ1n) is 10.1. The Labute approximate surface area is 181 Å². The highest BCUT2D eigenvalue weighted by molar-refractivity contribution is 8.18. The van der Waals surface area contributed by atoms with Crippen LogP contribution in [0.5, 0.6) is 0 Å². The number of rotatable bonds is 3. The van der Waals surface area contributed by atoms with E-state index in [1.807, 2.05) is 48.5 Å². The zero-order valence-corrected chi connectivity index (χ0v) is 18.8. The van der Waals surface area contributed by atoms with Crippen LogP contribution in [-0.4, -0.2) is 20.6 Å². The monoisotopic (exact) mass is 418 g/mol. The van der Waals surface area contributed by atoms with Gasteiger partial charge in [0.25, 0.3) is 11.1 Å². The molecule has 1 aromatic heterocycles. The molecule has 30 heavy (non-hydrogen) atoms. The van der Waals surface area contributed by atoms with Crippen LogP contribution in [0, 0.1) is 13.8 Å². The Morgan fingerprint density at radius 1 is 1.00 bits per heavy atom. The molecule has 0 radical (unpaired) electrons. The highest BCUT2D eigenvalue weighted by Crippen LogP contribution is 2.35. The summed E-state index contributed by atoms with van der Waals surface area (Å²) in [5, 5.41) is 1.95. The van der Waals surface area contributed by atoms with Gasteiger partial charge in [0.1, 0.15) is 0 Å². The number of fused-ring (bicyclic) bond motifs is 1. The molecule has 0 unspecified atom stereocenters. The van der Waals surface area contributed by atoms with Crippen LogP contribution < -0.4 is 0 Å². The third kappa shape index (κ3) is 3.58. The van der Waals surface area contributed by atoms with Crippen LogP contribution in [-0.2, 0) is 16.9 Å². The molecule has 4 nitrogen and oxygen atoms in total. The Hall–Kier alpha value is -2.79. The van der Waals surface area contributed by atoms with E-state index in [9.17, 15) is 9.59 Å². The Morgan fingerprint density at radius 2 is 1.70 bits per heavy atom. The number of carbonyl (C=O) groups is 2. The second-order valence-corrected chi connectivity index (χ2v) is 9.73. The lowest BCUT2D eigenvalue weighted by Gasteiger charge is -2.25. The van der Waals surface area contributed by atoms with Crippen molar-refractivity contribution >= 4 is 39.8 Å². The Bertz CT molecular complexity index is 1190. The summed E-state index contributed by atoms with van der Waals surface area (Å²) < 4.78 is 2.26. The van der Waals surface area contributed by atoms with E-state index in [0.717, 1.165) is 45.0 Å². The molecule has 2 amide bonds. The van der Waals surface area contributed by atoms with Crippen molar-refractivity contribution in [3.63, 3.8) is 0 Å². The fraction of sp³-hybridized carbons (Fsp3) is 0.280. The number of aryl methyl sites for hydroxylation is 1. The van der Waals surface area contributed by atoms with E-state index in [0.29, 0.717) is 4.91 Å². The first-order valence-corrected chi connectivity index (χ1v) is 10.9. The van der Waals surface area contributed by atoms with E-state index in [2.05, 4.69) is 45.3 Å². The van der Waals surface area contributed by atoms with Crippen LogP contribution in [0.3, 0.4) is 0 Å². The van der Waals surface area contributed by atoms with Crippen molar-refractivity contribution < 1.29 is 9.59 Å². The predicted octanol–water partition coefficient (Wildman–Crippen LogP) is 6.25. The maximum atomic E-state index is 13.1. The third-order valence-electron chi connectivity index (χ3n) is 5.51. The van der Waals surface area contributed by atoms with Gasteiger partial charge in [-0.3, -0.25) is 14.5 Å². The second kappa shape index (κ2) is 7.47. The normalized spacial score (nSPS) is 16.3. The van der Waals surface area contributed by atoms with Gasteiger partial charge in [-0.2, -0.15) is 0 Å². The topological polar surface area (TPSA) is 42.3 Å². The van der Waals surface area contributed by atoms with Gasteiger partial charge >= 0.3 is 0 Å². The highest BCUT2D eigenvalue weighted by Gasteiger charge is 2.35. The fourth-order valence-corrected chi connectivity index (χ4v) is 5.17. The molecule has 0 saturated carbocycles. The maximum Gasteiger partial charge on any atom is 0.293 e. The van der Waals surface area contributed by atoms with E-state index in [-0.39, 0.29) is 23.2 Å². The third-order valence-corrected chi connectivity index (χ3v) is 6.42. The smallest absolute Gasteiger partial charge is 0.293 e. The van der Waals surface area contributed by atoms with Gasteiger partial charge in [0.05, 0.1) is 11.4 Å². The van der Waals surface area contributed by atoms with Crippen molar-refractivity contribution in [1.82, 2.24) is 9.47 Å². The van der Waals surface area contributed by atoms with E-state index in [1.54, 1.807) is 0 Å². The summed E-state index contributed by atoms with van der Waals surface area (Å²) in [4.78, 5) is 27.6. The SMILES string of the molecule is Cc1cc(/C=C2/SC(=O)N(Cc3cccc4ccccc34)C2=O)c(C)n1C(C)(C)C. The van der Waals surface area contributed by atoms with Gasteiger partial charge in [-0.1, -0.05) is 42.5 Å². The number of benzene rings is 2. The van der Waals surface area contributed by atoms with Gasteiger partial charge in [0, 0.05) is 16.9 Å². The molecule has 4 rings (SSSR count). The number of carbonyl (C=O) groups excluding carboxylic acids is 2. The van der Waals surface area contributed by atoms with Gasteiger partial charge in [0.2, 0.25) is 0 Å². The lowest BCUT2D eigenvalue weighted by molar-refractivity contribution is -0.123. The average molecular weight is 419 g/mol. The maximum absolute atomic E-state index is 13.1. The summed E-state index contributed by atoms with van der Waals surface area (Å²) in [7, 11) is 0. The van der Waals surface area contributed by atoms with Crippen LogP contribution >= 0.6 is 11.8 Å². The molecular weight excluding hydrogens is 392 g/mol. The standard InChI is InChI=1S/C25H26N2O2S/c1-16-13-20(17(2)27(16)25(3,4)5)14-22-23(28)26(24(29)30-22)15-19-11-8-10-18-9-6-7-12-21(18)19/h6-14H,15H2,1-5H3/b22-14+. The molecule has 0 bridgehead atoms. The minimum Gasteiger partial charge on any atom is -0.343 e. The van der Waals surface area contributed by atoms with E-state index in [1.165, 1.54) is 4.90 Å². The number of hydrogen-bond donors (Lipinski definition) is 0. The molecular formula is C25H26N2O2S.